The molecular formula is C20H39ClFN2O2+. The molecule has 3 unspecified atom stereocenters. The van der Waals surface area contributed by atoms with Crippen molar-refractivity contribution in [1.29, 1.82) is 0 Å². The fraction of sp³-hybridized carbons (Fsp3) is 0.850. The van der Waals surface area contributed by atoms with Gasteiger partial charge in [0.05, 0.1) is 7.11 Å². The average Bonchev–Trinajstić information content (AvgIpc) is 2.64. The van der Waals surface area contributed by atoms with Gasteiger partial charge in [0.1, 0.15) is 19.8 Å². The van der Waals surface area contributed by atoms with E-state index in [1.807, 2.05) is 7.05 Å². The summed E-state index contributed by atoms with van der Waals surface area (Å²) in [4.78, 5) is 17.6. The van der Waals surface area contributed by atoms with E-state index in [-0.39, 0.29) is 16.5 Å². The molecule has 26 heavy (non-hydrogen) atoms. The van der Waals surface area contributed by atoms with Gasteiger partial charge in [0.25, 0.3) is 0 Å². The molecule has 0 aromatic carbocycles. The topological polar surface area (TPSA) is 38.3 Å². The normalized spacial score (nSPS) is 16.8. The molecule has 0 aromatic heterocycles. The zero-order valence-corrected chi connectivity index (χ0v) is 18.1. The summed E-state index contributed by atoms with van der Waals surface area (Å²) in [5.74, 6) is 0.317. The van der Waals surface area contributed by atoms with Crippen LogP contribution < -0.4 is 5.32 Å². The molecule has 0 fully saturated rings. The van der Waals surface area contributed by atoms with Gasteiger partial charge in [-0.25, -0.2) is 9.23 Å². The van der Waals surface area contributed by atoms with Crippen LogP contribution in [0.3, 0.4) is 0 Å². The molecule has 0 bridgehead atoms. The second kappa shape index (κ2) is 14.4. The third-order valence-corrected chi connectivity index (χ3v) is 5.38. The number of halogens is 2. The molecule has 6 heteroatoms. The van der Waals surface area contributed by atoms with Gasteiger partial charge in [-0.15, -0.1) is 4.65 Å². The Hall–Kier alpha value is -0.650. The van der Waals surface area contributed by atoms with E-state index in [1.165, 1.54) is 6.08 Å². The maximum Gasteiger partial charge on any atom is 0.232 e. The minimum Gasteiger partial charge on any atom is -0.356 e. The highest BCUT2D eigenvalue weighted by molar-refractivity contribution is 6.28. The molecular weight excluding hydrogens is 355 g/mol. The van der Waals surface area contributed by atoms with Crippen LogP contribution in [0.1, 0.15) is 72.1 Å². The molecule has 0 aliphatic carbocycles. The molecule has 1 amide bonds. The van der Waals surface area contributed by atoms with Crippen molar-refractivity contribution >= 4 is 17.5 Å². The van der Waals surface area contributed by atoms with E-state index in [0.717, 1.165) is 44.9 Å². The lowest BCUT2D eigenvalue weighted by Gasteiger charge is -2.28. The number of carbonyl (C=O) groups excluding carboxylic acids is 1. The monoisotopic (exact) mass is 393 g/mol. The molecule has 154 valence electrons. The molecule has 0 saturated carbocycles. The smallest absolute Gasteiger partial charge is 0.232 e. The summed E-state index contributed by atoms with van der Waals surface area (Å²) in [5, 5.41) is 3.42. The molecule has 0 rings (SSSR count). The third kappa shape index (κ3) is 9.89. The molecule has 4 nitrogen and oxygen atoms in total. The first-order valence-corrected chi connectivity index (χ1v) is 10.4. The first-order chi connectivity index (χ1) is 12.3. The third-order valence-electron chi connectivity index (χ3n) is 4.89. The Balaban J connectivity index is 4.16. The lowest BCUT2D eigenvalue weighted by Crippen LogP contribution is -2.41. The lowest BCUT2D eigenvalue weighted by molar-refractivity contribution is -1.05. The van der Waals surface area contributed by atoms with Crippen molar-refractivity contribution in [3.63, 3.8) is 0 Å². The Morgan fingerprint density at radius 1 is 1.19 bits per heavy atom. The van der Waals surface area contributed by atoms with Gasteiger partial charge in [-0.2, -0.15) is 0 Å². The maximum atomic E-state index is 13.5. The van der Waals surface area contributed by atoms with Crippen LogP contribution in [0.4, 0.5) is 4.39 Å². The number of nitrogens with one attached hydrogen (secondary N) is 1. The van der Waals surface area contributed by atoms with Gasteiger partial charge in [-0.3, -0.25) is 4.79 Å². The van der Waals surface area contributed by atoms with Crippen molar-refractivity contribution in [2.75, 3.05) is 27.2 Å². The first kappa shape index (κ1) is 25.4. The predicted molar refractivity (Wildman–Crippen MR) is 107 cm³/mol. The number of allylic oxidation sites excluding steroid dienone is 1. The zero-order chi connectivity index (χ0) is 20.0. The molecule has 3 atom stereocenters. The summed E-state index contributed by atoms with van der Waals surface area (Å²) in [7, 11) is 3.42. The fourth-order valence-corrected chi connectivity index (χ4v) is 3.04. The quantitative estimate of drug-likeness (QED) is 0.177. The molecule has 0 spiro atoms. The summed E-state index contributed by atoms with van der Waals surface area (Å²) < 4.78 is 13.6. The number of carbonyl (C=O) groups is 1. The number of hydrogen-bond donors (Lipinski definition) is 1. The van der Waals surface area contributed by atoms with Crippen molar-refractivity contribution in [3.05, 3.63) is 11.2 Å². The second-order valence-electron chi connectivity index (χ2n) is 7.02. The van der Waals surface area contributed by atoms with E-state index in [9.17, 15) is 9.18 Å². The number of alkyl halides is 1. The summed E-state index contributed by atoms with van der Waals surface area (Å²) in [6.45, 7) is 7.37. The van der Waals surface area contributed by atoms with E-state index >= 15 is 0 Å². The second-order valence-corrected chi connectivity index (χ2v) is 7.41. The van der Waals surface area contributed by atoms with Crippen LogP contribution in [0.15, 0.2) is 11.2 Å². The highest BCUT2D eigenvalue weighted by Crippen LogP contribution is 2.22. The van der Waals surface area contributed by atoms with Crippen LogP contribution in [0.25, 0.3) is 0 Å². The minimum atomic E-state index is -1.05. The number of nitrogens with zero attached hydrogens (tertiary/aromatic N) is 1. The SMILES string of the molecule is CCCCC(CC)C(=O)NCCCCC[N+](C)(OC)/C(Cl)=C/C(F)CC. The van der Waals surface area contributed by atoms with E-state index in [2.05, 4.69) is 19.2 Å². The Labute approximate surface area is 164 Å². The van der Waals surface area contributed by atoms with Crippen LogP contribution in [0.5, 0.6) is 0 Å². The predicted octanol–water partition coefficient (Wildman–Crippen LogP) is 5.33. The number of hydrogen-bond acceptors (Lipinski definition) is 2. The number of rotatable bonds is 15. The van der Waals surface area contributed by atoms with Gasteiger partial charge in [-0.1, -0.05) is 33.6 Å². The Morgan fingerprint density at radius 2 is 1.88 bits per heavy atom. The van der Waals surface area contributed by atoms with Crippen LogP contribution in [-0.4, -0.2) is 44.0 Å². The van der Waals surface area contributed by atoms with Crippen molar-refractivity contribution in [2.24, 2.45) is 5.92 Å². The molecule has 1 N–H and O–H groups in total. The van der Waals surface area contributed by atoms with E-state index in [1.54, 1.807) is 14.0 Å². The van der Waals surface area contributed by atoms with Crippen molar-refractivity contribution in [2.45, 2.75) is 78.3 Å². The average molecular weight is 394 g/mol. The molecule has 0 aliphatic heterocycles. The molecule has 0 saturated heterocycles. The number of hydroxylamine groups is 3. The molecule has 0 radical (unpaired) electrons. The largest absolute Gasteiger partial charge is 0.356 e. The Morgan fingerprint density at radius 3 is 2.42 bits per heavy atom. The molecule has 0 aromatic rings. The number of amides is 1. The molecule has 0 aliphatic rings. The van der Waals surface area contributed by atoms with Gasteiger partial charge in [0.2, 0.25) is 11.1 Å². The number of unbranched alkanes of at least 4 members (excludes halogenated alkanes) is 3. The summed E-state index contributed by atoms with van der Waals surface area (Å²) in [6.07, 6.45) is 7.63. The van der Waals surface area contributed by atoms with Crippen molar-refractivity contribution < 1.29 is 18.7 Å². The highest BCUT2D eigenvalue weighted by atomic mass is 35.5. The lowest BCUT2D eigenvalue weighted by atomic mass is 9.98. The van der Waals surface area contributed by atoms with E-state index in [0.29, 0.717) is 24.7 Å². The summed E-state index contributed by atoms with van der Waals surface area (Å²) in [6, 6.07) is 0. The number of quaternary nitrogens is 1. The van der Waals surface area contributed by atoms with Crippen LogP contribution in [0, 0.1) is 5.92 Å². The van der Waals surface area contributed by atoms with Crippen LogP contribution in [-0.2, 0) is 9.63 Å². The van der Waals surface area contributed by atoms with Gasteiger partial charge >= 0.3 is 0 Å². The van der Waals surface area contributed by atoms with Gasteiger partial charge in [-0.05, 0) is 50.1 Å². The van der Waals surface area contributed by atoms with Crippen LogP contribution in [0.2, 0.25) is 0 Å². The van der Waals surface area contributed by atoms with E-state index < -0.39 is 6.17 Å². The zero-order valence-electron chi connectivity index (χ0n) is 17.3. The van der Waals surface area contributed by atoms with Crippen LogP contribution >= 0.6 is 11.6 Å². The standard InChI is InChI=1S/C20H38ClFN2O2/c1-6-9-13-17(7-2)20(25)23-14-11-10-12-15-24(4,26-5)19(21)16-18(22)8-3/h16-18H,6-15H2,1-5H3/p+1/b19-16+. The van der Waals surface area contributed by atoms with Gasteiger partial charge in [0.15, 0.2) is 0 Å². The first-order valence-electron chi connectivity index (χ1n) is 10.0. The minimum absolute atomic E-state index is 0.0727. The van der Waals surface area contributed by atoms with E-state index in [4.69, 9.17) is 16.4 Å². The molecule has 0 heterocycles. The Kier molecular flexibility index (Phi) is 14.1. The van der Waals surface area contributed by atoms with Crippen molar-refractivity contribution in [1.82, 2.24) is 5.32 Å². The van der Waals surface area contributed by atoms with Crippen molar-refractivity contribution in [3.8, 4) is 0 Å². The highest BCUT2D eigenvalue weighted by Gasteiger charge is 2.28. The van der Waals surface area contributed by atoms with Gasteiger partial charge in [0, 0.05) is 18.5 Å². The fourth-order valence-electron chi connectivity index (χ4n) is 2.75. The summed E-state index contributed by atoms with van der Waals surface area (Å²) in [5.41, 5.74) is 0. The van der Waals surface area contributed by atoms with Gasteiger partial charge < -0.3 is 5.32 Å². The maximum absolute atomic E-state index is 13.5. The summed E-state index contributed by atoms with van der Waals surface area (Å²) >= 11 is 6.25. The Bertz CT molecular complexity index is 421.